The second-order valence-corrected chi connectivity index (χ2v) is 13.3. The molecule has 2 saturated heterocycles. The molecule has 0 aliphatic carbocycles. The SMILES string of the molecule is C[C@@H]1OCC2(CCN(c3cnc(Sc4nccc(P(C)(C)=O)c4Cl)c(N)n3)CC2)[C@@H]1N. The monoisotopic (exact) mass is 482 g/mol. The first-order chi connectivity index (χ1) is 14.6. The fraction of sp³-hybridized carbons (Fsp3) is 0.550. The van der Waals surface area contributed by atoms with E-state index >= 15 is 0 Å². The van der Waals surface area contributed by atoms with Gasteiger partial charge in [0.15, 0.2) is 5.82 Å². The third kappa shape index (κ3) is 4.44. The van der Waals surface area contributed by atoms with Crippen LogP contribution in [0.4, 0.5) is 11.6 Å². The van der Waals surface area contributed by atoms with Crippen molar-refractivity contribution in [1.29, 1.82) is 0 Å². The fourth-order valence-electron chi connectivity index (χ4n) is 4.26. The normalized spacial score (nSPS) is 23.5. The number of anilines is 2. The third-order valence-corrected chi connectivity index (χ3v) is 9.46. The number of hydrogen-bond acceptors (Lipinski definition) is 9. The summed E-state index contributed by atoms with van der Waals surface area (Å²) in [7, 11) is -2.52. The van der Waals surface area contributed by atoms with Gasteiger partial charge in [-0.25, -0.2) is 15.0 Å². The number of nitrogen functional groups attached to an aromatic ring is 1. The molecule has 0 bridgehead atoms. The molecule has 8 nitrogen and oxygen atoms in total. The van der Waals surface area contributed by atoms with Crippen LogP contribution in [0.5, 0.6) is 0 Å². The minimum absolute atomic E-state index is 0.0517. The third-order valence-electron chi connectivity index (χ3n) is 6.29. The molecule has 2 aromatic heterocycles. The summed E-state index contributed by atoms with van der Waals surface area (Å²) in [6.07, 6.45) is 5.34. The van der Waals surface area contributed by atoms with Crippen molar-refractivity contribution < 1.29 is 9.30 Å². The van der Waals surface area contributed by atoms with E-state index in [-0.39, 0.29) is 17.6 Å². The molecule has 2 aliphatic rings. The highest BCUT2D eigenvalue weighted by Crippen LogP contribution is 2.43. The predicted octanol–water partition coefficient (Wildman–Crippen LogP) is 2.84. The Kier molecular flexibility index (Phi) is 6.27. The predicted molar refractivity (Wildman–Crippen MR) is 126 cm³/mol. The van der Waals surface area contributed by atoms with E-state index in [1.165, 1.54) is 11.8 Å². The van der Waals surface area contributed by atoms with Gasteiger partial charge in [-0.2, -0.15) is 0 Å². The van der Waals surface area contributed by atoms with E-state index in [1.807, 2.05) is 6.92 Å². The Labute approximate surface area is 191 Å². The average molecular weight is 483 g/mol. The van der Waals surface area contributed by atoms with Crippen molar-refractivity contribution in [3.05, 3.63) is 23.5 Å². The van der Waals surface area contributed by atoms with Crippen LogP contribution in [0.15, 0.2) is 28.5 Å². The van der Waals surface area contributed by atoms with Gasteiger partial charge in [-0.15, -0.1) is 0 Å². The highest BCUT2D eigenvalue weighted by Gasteiger charge is 2.47. The van der Waals surface area contributed by atoms with Crippen LogP contribution in [-0.4, -0.2) is 60.1 Å². The maximum absolute atomic E-state index is 12.5. The molecule has 0 unspecified atom stereocenters. The Morgan fingerprint density at radius 3 is 2.58 bits per heavy atom. The Bertz CT molecular complexity index is 1030. The standard InChI is InChI=1S/C20H28ClN6O2PS/c1-12-16(22)20(11-29-12)5-8-27(9-6-20)14-10-25-19(17(23)26-14)31-18-15(21)13(4-7-24-18)30(2,3)28/h4,7,10,12,16H,5-6,8-9,11,22H2,1-3H3,(H2,23,26)/t12-,16+/m0/s1. The lowest BCUT2D eigenvalue weighted by Gasteiger charge is -2.41. The zero-order valence-electron chi connectivity index (χ0n) is 17.9. The Hall–Kier alpha value is -1.38. The van der Waals surface area contributed by atoms with E-state index in [0.29, 0.717) is 26.2 Å². The van der Waals surface area contributed by atoms with Crippen LogP contribution in [0.25, 0.3) is 0 Å². The van der Waals surface area contributed by atoms with Crippen molar-refractivity contribution in [2.45, 2.75) is 42.0 Å². The summed E-state index contributed by atoms with van der Waals surface area (Å²) in [6.45, 7) is 7.80. The summed E-state index contributed by atoms with van der Waals surface area (Å²) in [5.41, 5.74) is 12.7. The van der Waals surface area contributed by atoms with Gasteiger partial charge in [0.1, 0.15) is 23.0 Å². The lowest BCUT2D eigenvalue weighted by molar-refractivity contribution is 0.0974. The molecule has 31 heavy (non-hydrogen) atoms. The lowest BCUT2D eigenvalue weighted by Crippen LogP contribution is -2.50. The Balaban J connectivity index is 1.48. The van der Waals surface area contributed by atoms with E-state index < -0.39 is 7.14 Å². The van der Waals surface area contributed by atoms with Gasteiger partial charge < -0.3 is 25.7 Å². The Morgan fingerprint density at radius 1 is 1.29 bits per heavy atom. The number of pyridine rings is 1. The van der Waals surface area contributed by atoms with Crippen molar-refractivity contribution in [1.82, 2.24) is 15.0 Å². The van der Waals surface area contributed by atoms with Crippen LogP contribution in [0.2, 0.25) is 5.02 Å². The van der Waals surface area contributed by atoms with E-state index in [0.717, 1.165) is 38.4 Å². The number of hydrogen-bond donors (Lipinski definition) is 2. The number of rotatable bonds is 4. The fourth-order valence-corrected chi connectivity index (χ4v) is 6.93. The number of halogens is 1. The zero-order chi connectivity index (χ0) is 22.4. The maximum atomic E-state index is 12.5. The van der Waals surface area contributed by atoms with Crippen LogP contribution in [0, 0.1) is 5.41 Å². The first-order valence-electron chi connectivity index (χ1n) is 10.2. The first-order valence-corrected chi connectivity index (χ1v) is 14.0. The zero-order valence-corrected chi connectivity index (χ0v) is 20.4. The van der Waals surface area contributed by atoms with Crippen LogP contribution in [0.3, 0.4) is 0 Å². The molecule has 4 heterocycles. The summed E-state index contributed by atoms with van der Waals surface area (Å²) in [4.78, 5) is 15.6. The van der Waals surface area contributed by atoms with E-state index in [9.17, 15) is 4.57 Å². The molecule has 0 aromatic carbocycles. The quantitative estimate of drug-likeness (QED) is 0.633. The van der Waals surface area contributed by atoms with E-state index in [2.05, 4.69) is 19.9 Å². The first kappa shape index (κ1) is 22.8. The highest BCUT2D eigenvalue weighted by atomic mass is 35.5. The van der Waals surface area contributed by atoms with Gasteiger partial charge in [0.25, 0.3) is 0 Å². The summed E-state index contributed by atoms with van der Waals surface area (Å²) >= 11 is 7.68. The minimum Gasteiger partial charge on any atom is -0.381 e. The van der Waals surface area contributed by atoms with Crippen LogP contribution in [0.1, 0.15) is 19.8 Å². The molecular weight excluding hydrogens is 455 g/mol. The molecule has 0 saturated carbocycles. The Morgan fingerprint density at radius 2 is 2.00 bits per heavy atom. The largest absolute Gasteiger partial charge is 0.381 e. The molecule has 2 aliphatic heterocycles. The van der Waals surface area contributed by atoms with Gasteiger partial charge in [-0.3, -0.25) is 0 Å². The smallest absolute Gasteiger partial charge is 0.158 e. The molecule has 2 fully saturated rings. The van der Waals surface area contributed by atoms with Crippen LogP contribution >= 0.6 is 30.5 Å². The molecule has 0 amide bonds. The van der Waals surface area contributed by atoms with Crippen molar-refractivity contribution in [2.75, 3.05) is 43.7 Å². The maximum Gasteiger partial charge on any atom is 0.158 e. The minimum atomic E-state index is -2.52. The summed E-state index contributed by atoms with van der Waals surface area (Å²) < 4.78 is 18.3. The van der Waals surface area contributed by atoms with Crippen molar-refractivity contribution in [3.8, 4) is 0 Å². The number of aromatic nitrogens is 3. The van der Waals surface area contributed by atoms with E-state index in [4.69, 9.17) is 27.8 Å². The van der Waals surface area contributed by atoms with Gasteiger partial charge in [0, 0.05) is 36.0 Å². The molecule has 2 atom stereocenters. The van der Waals surface area contributed by atoms with Gasteiger partial charge in [0.2, 0.25) is 0 Å². The van der Waals surface area contributed by atoms with Gasteiger partial charge in [-0.05, 0) is 50.9 Å². The topological polar surface area (TPSA) is 120 Å². The average Bonchev–Trinajstić information content (AvgIpc) is 2.99. The van der Waals surface area contributed by atoms with Gasteiger partial charge >= 0.3 is 0 Å². The molecular formula is C20H28ClN6O2PS. The molecule has 4 N–H and O–H groups in total. The van der Waals surface area contributed by atoms with Gasteiger partial charge in [-0.1, -0.05) is 11.6 Å². The second-order valence-electron chi connectivity index (χ2n) is 8.71. The lowest BCUT2D eigenvalue weighted by atomic mass is 9.73. The number of nitrogens with zero attached hydrogens (tertiary/aromatic N) is 4. The number of ether oxygens (including phenoxy) is 1. The highest BCUT2D eigenvalue weighted by molar-refractivity contribution is 7.99. The second kappa shape index (κ2) is 8.52. The summed E-state index contributed by atoms with van der Waals surface area (Å²) in [5, 5.41) is 2.00. The molecule has 1 spiro atoms. The van der Waals surface area contributed by atoms with Crippen molar-refractivity contribution in [3.63, 3.8) is 0 Å². The molecule has 168 valence electrons. The van der Waals surface area contributed by atoms with Crippen LogP contribution in [-0.2, 0) is 9.30 Å². The number of piperidine rings is 1. The number of nitrogens with two attached hydrogens (primary N) is 2. The van der Waals surface area contributed by atoms with Crippen LogP contribution < -0.4 is 21.7 Å². The van der Waals surface area contributed by atoms with Gasteiger partial charge in [0.05, 0.1) is 23.9 Å². The molecule has 4 rings (SSSR count). The van der Waals surface area contributed by atoms with Crippen molar-refractivity contribution >= 4 is 47.4 Å². The van der Waals surface area contributed by atoms with Crippen molar-refractivity contribution in [2.24, 2.45) is 11.1 Å². The van der Waals surface area contributed by atoms with E-state index in [1.54, 1.807) is 31.8 Å². The molecule has 2 aromatic rings. The summed E-state index contributed by atoms with van der Waals surface area (Å²) in [6, 6.07) is 1.76. The molecule has 0 radical (unpaired) electrons. The molecule has 11 heteroatoms. The summed E-state index contributed by atoms with van der Waals surface area (Å²) in [5.74, 6) is 1.06.